The van der Waals surface area contributed by atoms with E-state index in [1.165, 1.54) is 12.8 Å². The van der Waals surface area contributed by atoms with Crippen molar-refractivity contribution >= 4 is 0 Å². The summed E-state index contributed by atoms with van der Waals surface area (Å²) in [6.07, 6.45) is 4.51. The molecule has 1 rings (SSSR count). The van der Waals surface area contributed by atoms with E-state index in [1.807, 2.05) is 0 Å². The predicted octanol–water partition coefficient (Wildman–Crippen LogP) is 1.77. The van der Waals surface area contributed by atoms with Crippen LogP contribution in [0, 0.1) is 11.3 Å². The second-order valence-electron chi connectivity index (χ2n) is 5.20. The molecule has 1 aliphatic carbocycles. The van der Waals surface area contributed by atoms with Crippen molar-refractivity contribution in [1.82, 2.24) is 10.2 Å². The van der Waals surface area contributed by atoms with Gasteiger partial charge in [0.15, 0.2) is 0 Å². The molecule has 0 amide bonds. The van der Waals surface area contributed by atoms with E-state index < -0.39 is 0 Å². The van der Waals surface area contributed by atoms with Gasteiger partial charge in [-0.25, -0.2) is 0 Å². The van der Waals surface area contributed by atoms with Gasteiger partial charge in [0, 0.05) is 32.3 Å². The molecule has 0 aromatic rings. The van der Waals surface area contributed by atoms with Crippen LogP contribution >= 0.6 is 0 Å². The Hall–Kier alpha value is -0.630. The third-order valence-electron chi connectivity index (χ3n) is 3.67. The SMILES string of the molecule is CCC(C)N(CCOC)CCC(C#N)NC1CC1. The Labute approximate surface area is 111 Å². The van der Waals surface area contributed by atoms with Crippen LogP contribution < -0.4 is 5.32 Å². The lowest BCUT2D eigenvalue weighted by Crippen LogP contribution is -2.40. The van der Waals surface area contributed by atoms with Gasteiger partial charge in [-0.3, -0.25) is 10.2 Å². The van der Waals surface area contributed by atoms with Gasteiger partial charge in [-0.1, -0.05) is 6.92 Å². The third-order valence-corrected chi connectivity index (χ3v) is 3.67. The van der Waals surface area contributed by atoms with Crippen LogP contribution in [0.3, 0.4) is 0 Å². The summed E-state index contributed by atoms with van der Waals surface area (Å²) in [6.45, 7) is 7.13. The summed E-state index contributed by atoms with van der Waals surface area (Å²) in [5.41, 5.74) is 0. The monoisotopic (exact) mass is 253 g/mol. The largest absolute Gasteiger partial charge is 0.383 e. The van der Waals surface area contributed by atoms with Crippen molar-refractivity contribution in [3.05, 3.63) is 0 Å². The van der Waals surface area contributed by atoms with Gasteiger partial charge in [0.25, 0.3) is 0 Å². The van der Waals surface area contributed by atoms with Crippen molar-refractivity contribution in [3.63, 3.8) is 0 Å². The molecule has 1 saturated carbocycles. The molecule has 4 heteroatoms. The van der Waals surface area contributed by atoms with E-state index in [1.54, 1.807) is 7.11 Å². The second kappa shape index (κ2) is 8.47. The highest BCUT2D eigenvalue weighted by molar-refractivity contribution is 4.96. The van der Waals surface area contributed by atoms with Gasteiger partial charge in [-0.15, -0.1) is 0 Å². The lowest BCUT2D eigenvalue weighted by atomic mass is 10.1. The number of nitrogens with zero attached hydrogens (tertiary/aromatic N) is 2. The minimum absolute atomic E-state index is 0.00611. The Morgan fingerprint density at radius 1 is 1.44 bits per heavy atom. The van der Waals surface area contributed by atoms with E-state index >= 15 is 0 Å². The first-order valence-electron chi connectivity index (χ1n) is 7.09. The van der Waals surface area contributed by atoms with Gasteiger partial charge in [0.1, 0.15) is 0 Å². The van der Waals surface area contributed by atoms with Crippen LogP contribution in [0.1, 0.15) is 39.5 Å². The third kappa shape index (κ3) is 5.81. The van der Waals surface area contributed by atoms with Crippen molar-refractivity contribution in [2.45, 2.75) is 57.7 Å². The average molecular weight is 253 g/mol. The quantitative estimate of drug-likeness (QED) is 0.644. The van der Waals surface area contributed by atoms with Crippen LogP contribution in [0.2, 0.25) is 0 Å². The first-order valence-corrected chi connectivity index (χ1v) is 7.09. The lowest BCUT2D eigenvalue weighted by Gasteiger charge is -2.28. The van der Waals surface area contributed by atoms with E-state index in [2.05, 4.69) is 30.1 Å². The maximum Gasteiger partial charge on any atom is 0.0967 e. The van der Waals surface area contributed by atoms with Crippen LogP contribution in [-0.4, -0.2) is 49.8 Å². The van der Waals surface area contributed by atoms with Gasteiger partial charge in [-0.2, -0.15) is 5.26 Å². The smallest absolute Gasteiger partial charge is 0.0967 e. The minimum Gasteiger partial charge on any atom is -0.383 e. The lowest BCUT2D eigenvalue weighted by molar-refractivity contribution is 0.120. The zero-order chi connectivity index (χ0) is 13.4. The molecule has 1 aliphatic rings. The Kier molecular flexibility index (Phi) is 7.26. The molecule has 2 atom stereocenters. The van der Waals surface area contributed by atoms with Crippen LogP contribution in [0.5, 0.6) is 0 Å². The van der Waals surface area contributed by atoms with Gasteiger partial charge < -0.3 is 4.74 Å². The molecule has 0 radical (unpaired) electrons. The first-order chi connectivity index (χ1) is 8.71. The first kappa shape index (κ1) is 15.4. The van der Waals surface area contributed by atoms with Crippen LogP contribution in [0.15, 0.2) is 0 Å². The van der Waals surface area contributed by atoms with Crippen molar-refractivity contribution in [2.24, 2.45) is 0 Å². The normalized spacial score (nSPS) is 18.6. The van der Waals surface area contributed by atoms with E-state index in [0.29, 0.717) is 12.1 Å². The van der Waals surface area contributed by atoms with E-state index in [9.17, 15) is 0 Å². The Balaban J connectivity index is 2.31. The highest BCUT2D eigenvalue weighted by Crippen LogP contribution is 2.20. The van der Waals surface area contributed by atoms with Crippen molar-refractivity contribution in [2.75, 3.05) is 26.8 Å². The summed E-state index contributed by atoms with van der Waals surface area (Å²) in [6, 6.07) is 3.54. The van der Waals surface area contributed by atoms with Gasteiger partial charge in [0.2, 0.25) is 0 Å². The molecule has 0 aromatic heterocycles. The Bertz CT molecular complexity index is 260. The number of nitriles is 1. The second-order valence-corrected chi connectivity index (χ2v) is 5.20. The molecule has 0 saturated heterocycles. The van der Waals surface area contributed by atoms with E-state index in [4.69, 9.17) is 10.00 Å². The van der Waals surface area contributed by atoms with E-state index in [-0.39, 0.29) is 6.04 Å². The highest BCUT2D eigenvalue weighted by atomic mass is 16.5. The fraction of sp³-hybridized carbons (Fsp3) is 0.929. The molecule has 2 unspecified atom stereocenters. The van der Waals surface area contributed by atoms with Gasteiger partial charge >= 0.3 is 0 Å². The molecule has 0 bridgehead atoms. The zero-order valence-corrected chi connectivity index (χ0v) is 12.0. The maximum absolute atomic E-state index is 9.13. The number of hydrogen-bond donors (Lipinski definition) is 1. The van der Waals surface area contributed by atoms with Gasteiger partial charge in [0.05, 0.1) is 18.7 Å². The number of rotatable bonds is 10. The molecular weight excluding hydrogens is 226 g/mol. The molecule has 0 spiro atoms. The highest BCUT2D eigenvalue weighted by Gasteiger charge is 2.24. The topological polar surface area (TPSA) is 48.3 Å². The van der Waals surface area contributed by atoms with Crippen molar-refractivity contribution < 1.29 is 4.74 Å². The average Bonchev–Trinajstić information content (AvgIpc) is 3.20. The van der Waals surface area contributed by atoms with Crippen molar-refractivity contribution in [3.8, 4) is 6.07 Å². The predicted molar refractivity (Wildman–Crippen MR) is 73.4 cm³/mol. The van der Waals surface area contributed by atoms with Gasteiger partial charge in [-0.05, 0) is 32.6 Å². The molecule has 1 N–H and O–H groups in total. The summed E-state index contributed by atoms with van der Waals surface area (Å²) in [5.74, 6) is 0. The number of methoxy groups -OCH3 is 1. The summed E-state index contributed by atoms with van der Waals surface area (Å²) >= 11 is 0. The number of hydrogen-bond acceptors (Lipinski definition) is 4. The number of ether oxygens (including phenoxy) is 1. The van der Waals surface area contributed by atoms with Crippen LogP contribution in [-0.2, 0) is 4.74 Å². The molecule has 0 heterocycles. The summed E-state index contributed by atoms with van der Waals surface area (Å²) in [4.78, 5) is 2.42. The summed E-state index contributed by atoms with van der Waals surface area (Å²) < 4.78 is 5.15. The molecule has 18 heavy (non-hydrogen) atoms. The molecule has 104 valence electrons. The summed E-state index contributed by atoms with van der Waals surface area (Å²) in [5, 5.41) is 12.5. The molecular formula is C14H27N3O. The van der Waals surface area contributed by atoms with Crippen LogP contribution in [0.4, 0.5) is 0 Å². The maximum atomic E-state index is 9.13. The zero-order valence-electron chi connectivity index (χ0n) is 12.0. The molecule has 4 nitrogen and oxygen atoms in total. The fourth-order valence-electron chi connectivity index (χ4n) is 2.03. The molecule has 1 fully saturated rings. The summed E-state index contributed by atoms with van der Waals surface area (Å²) in [7, 11) is 1.74. The molecule has 0 aromatic carbocycles. The fourth-order valence-corrected chi connectivity index (χ4v) is 2.03. The Morgan fingerprint density at radius 2 is 2.17 bits per heavy atom. The minimum atomic E-state index is 0.00611. The standard InChI is InChI=1S/C14H27N3O/c1-4-12(2)17(9-10-18-3)8-7-14(11-15)16-13-5-6-13/h12-14,16H,4-10H2,1-3H3. The molecule has 0 aliphatic heterocycles. The Morgan fingerprint density at radius 3 is 2.67 bits per heavy atom. The number of nitrogens with one attached hydrogen (secondary N) is 1. The van der Waals surface area contributed by atoms with Crippen molar-refractivity contribution in [1.29, 1.82) is 5.26 Å². The van der Waals surface area contributed by atoms with Crippen LogP contribution in [0.25, 0.3) is 0 Å². The van der Waals surface area contributed by atoms with E-state index in [0.717, 1.165) is 32.5 Å².